The van der Waals surface area contributed by atoms with Gasteiger partial charge in [0.15, 0.2) is 5.78 Å². The summed E-state index contributed by atoms with van der Waals surface area (Å²) in [5.74, 6) is 0.210. The number of Topliss-reactive ketones (excluding diaryl/α,β-unsaturated/α-hetero) is 1. The van der Waals surface area contributed by atoms with E-state index < -0.39 is 0 Å². The van der Waals surface area contributed by atoms with Gasteiger partial charge in [-0.05, 0) is 31.4 Å². The van der Waals surface area contributed by atoms with Crippen LogP contribution in [0.5, 0.6) is 0 Å². The molecule has 110 valence electrons. The van der Waals surface area contributed by atoms with E-state index in [1.54, 1.807) is 0 Å². The van der Waals surface area contributed by atoms with Crippen molar-refractivity contribution in [2.24, 2.45) is 0 Å². The van der Waals surface area contributed by atoms with Crippen molar-refractivity contribution in [3.05, 3.63) is 34.3 Å². The average Bonchev–Trinajstić information content (AvgIpc) is 2.73. The summed E-state index contributed by atoms with van der Waals surface area (Å²) in [5.41, 5.74) is 0.794. The van der Waals surface area contributed by atoms with E-state index >= 15 is 0 Å². The number of ketones is 1. The fourth-order valence-corrected chi connectivity index (χ4v) is 2.94. The van der Waals surface area contributed by atoms with E-state index in [-0.39, 0.29) is 5.78 Å². The third kappa shape index (κ3) is 5.37. The maximum atomic E-state index is 12.0. The summed E-state index contributed by atoms with van der Waals surface area (Å²) in [6.07, 6.45) is 9.51. The monoisotopic (exact) mass is 338 g/mol. The fraction of sp³-hybridized carbons (Fsp3) is 0.588. The lowest BCUT2D eigenvalue weighted by molar-refractivity contribution is 0.0404. The van der Waals surface area contributed by atoms with Crippen LogP contribution in [0.3, 0.4) is 0 Å². The van der Waals surface area contributed by atoms with E-state index in [9.17, 15) is 4.79 Å². The molecule has 0 unspecified atom stereocenters. The first-order valence-electron chi connectivity index (χ1n) is 7.66. The van der Waals surface area contributed by atoms with Gasteiger partial charge in [0.25, 0.3) is 0 Å². The highest BCUT2D eigenvalue weighted by Gasteiger charge is 2.12. The van der Waals surface area contributed by atoms with Crippen molar-refractivity contribution >= 4 is 21.7 Å². The molecule has 0 aliphatic heterocycles. The first kappa shape index (κ1) is 15.7. The number of hydrogen-bond donors (Lipinski definition) is 0. The quantitative estimate of drug-likeness (QED) is 0.407. The molecule has 0 aromatic heterocycles. The zero-order valence-corrected chi connectivity index (χ0v) is 13.5. The van der Waals surface area contributed by atoms with Gasteiger partial charge >= 0.3 is 0 Å². The van der Waals surface area contributed by atoms with Gasteiger partial charge in [0.2, 0.25) is 0 Å². The van der Waals surface area contributed by atoms with Crippen LogP contribution in [0, 0.1) is 0 Å². The third-order valence-electron chi connectivity index (χ3n) is 3.87. The van der Waals surface area contributed by atoms with Gasteiger partial charge in [-0.1, -0.05) is 53.7 Å². The van der Waals surface area contributed by atoms with Crippen molar-refractivity contribution in [3.63, 3.8) is 0 Å². The molecule has 1 aliphatic carbocycles. The average molecular weight is 339 g/mol. The molecule has 0 bridgehead atoms. The highest BCUT2D eigenvalue weighted by molar-refractivity contribution is 9.10. The van der Waals surface area contributed by atoms with Gasteiger partial charge in [-0.25, -0.2) is 0 Å². The van der Waals surface area contributed by atoms with Crippen molar-refractivity contribution in [2.45, 2.75) is 57.5 Å². The van der Waals surface area contributed by atoms with Crippen molar-refractivity contribution in [1.82, 2.24) is 0 Å². The van der Waals surface area contributed by atoms with Crippen LogP contribution < -0.4 is 0 Å². The van der Waals surface area contributed by atoms with Gasteiger partial charge in [-0.3, -0.25) is 4.79 Å². The van der Waals surface area contributed by atoms with Crippen molar-refractivity contribution in [1.29, 1.82) is 0 Å². The van der Waals surface area contributed by atoms with E-state index in [1.807, 2.05) is 24.3 Å². The van der Waals surface area contributed by atoms with Crippen LogP contribution in [-0.2, 0) is 4.74 Å². The summed E-state index contributed by atoms with van der Waals surface area (Å²) >= 11 is 3.38. The van der Waals surface area contributed by atoms with Crippen LogP contribution in [0.25, 0.3) is 0 Å². The van der Waals surface area contributed by atoms with E-state index in [4.69, 9.17) is 4.74 Å². The van der Waals surface area contributed by atoms with Crippen LogP contribution in [0.4, 0.5) is 0 Å². The summed E-state index contributed by atoms with van der Waals surface area (Å²) in [6.45, 7) is 0.715. The maximum absolute atomic E-state index is 12.0. The molecule has 2 rings (SSSR count). The molecule has 0 N–H and O–H groups in total. The number of benzene rings is 1. The lowest BCUT2D eigenvalue weighted by Crippen LogP contribution is -2.13. The van der Waals surface area contributed by atoms with E-state index in [1.165, 1.54) is 38.5 Å². The normalized spacial score (nSPS) is 16.9. The molecule has 3 heteroatoms. The Morgan fingerprint density at radius 1 is 1.10 bits per heavy atom. The number of rotatable bonds is 6. The third-order valence-corrected chi connectivity index (χ3v) is 4.40. The minimum atomic E-state index is 0.210. The molecule has 1 aromatic carbocycles. The molecule has 0 saturated heterocycles. The molecule has 0 amide bonds. The largest absolute Gasteiger partial charge is 0.378 e. The van der Waals surface area contributed by atoms with Gasteiger partial charge < -0.3 is 4.74 Å². The highest BCUT2D eigenvalue weighted by Crippen LogP contribution is 2.20. The lowest BCUT2D eigenvalue weighted by atomic mass is 10.1. The summed E-state index contributed by atoms with van der Waals surface area (Å²) in [7, 11) is 0. The van der Waals surface area contributed by atoms with E-state index in [0.29, 0.717) is 19.1 Å². The van der Waals surface area contributed by atoms with Crippen molar-refractivity contribution in [2.75, 3.05) is 6.61 Å². The molecule has 0 spiro atoms. The van der Waals surface area contributed by atoms with Gasteiger partial charge in [0, 0.05) is 23.1 Å². The van der Waals surface area contributed by atoms with E-state index in [2.05, 4.69) is 15.9 Å². The molecule has 2 nitrogen and oxygen atoms in total. The van der Waals surface area contributed by atoms with Crippen LogP contribution in [0.15, 0.2) is 28.7 Å². The maximum Gasteiger partial charge on any atom is 0.162 e. The Bertz CT molecular complexity index is 406. The topological polar surface area (TPSA) is 26.3 Å². The van der Waals surface area contributed by atoms with Crippen molar-refractivity contribution in [3.8, 4) is 0 Å². The summed E-state index contributed by atoms with van der Waals surface area (Å²) in [4.78, 5) is 12.0. The summed E-state index contributed by atoms with van der Waals surface area (Å²) < 4.78 is 6.91. The number of carbonyl (C=O) groups excluding carboxylic acids is 1. The zero-order chi connectivity index (χ0) is 14.2. The van der Waals surface area contributed by atoms with Crippen molar-refractivity contribution < 1.29 is 9.53 Å². The SMILES string of the molecule is O=C(CCCOC1CCCCCC1)c1ccc(Br)cc1. The molecule has 0 atom stereocenters. The number of halogens is 1. The standard InChI is InChI=1S/C17H23BrO2/c18-15-11-9-14(10-12-15)17(19)8-5-13-20-16-6-3-1-2-4-7-16/h9-12,16H,1-8,13H2. The van der Waals surface area contributed by atoms with Crippen LogP contribution >= 0.6 is 15.9 Å². The predicted octanol–water partition coefficient (Wildman–Crippen LogP) is 5.15. The molecule has 1 fully saturated rings. The molecule has 1 aliphatic rings. The minimum absolute atomic E-state index is 0.210. The molecule has 0 heterocycles. The van der Waals surface area contributed by atoms with Gasteiger partial charge in [0.05, 0.1) is 6.10 Å². The second-order valence-corrected chi connectivity index (χ2v) is 6.43. The Hall–Kier alpha value is -0.670. The van der Waals surface area contributed by atoms with Crippen LogP contribution in [0.2, 0.25) is 0 Å². The predicted molar refractivity (Wildman–Crippen MR) is 85.1 cm³/mol. The van der Waals surface area contributed by atoms with Crippen LogP contribution in [0.1, 0.15) is 61.7 Å². The zero-order valence-electron chi connectivity index (χ0n) is 11.9. The lowest BCUT2D eigenvalue weighted by Gasteiger charge is -2.14. The molecular formula is C17H23BrO2. The smallest absolute Gasteiger partial charge is 0.162 e. The number of carbonyl (C=O) groups is 1. The Kier molecular flexibility index (Phi) is 6.74. The molecule has 1 aromatic rings. The van der Waals surface area contributed by atoms with Gasteiger partial charge in [-0.15, -0.1) is 0 Å². The first-order valence-corrected chi connectivity index (χ1v) is 8.45. The summed E-state index contributed by atoms with van der Waals surface area (Å²) in [6, 6.07) is 7.57. The molecule has 0 radical (unpaired) electrons. The Morgan fingerprint density at radius 2 is 1.75 bits per heavy atom. The fourth-order valence-electron chi connectivity index (χ4n) is 2.67. The highest BCUT2D eigenvalue weighted by atomic mass is 79.9. The minimum Gasteiger partial charge on any atom is -0.378 e. The number of ether oxygens (including phenoxy) is 1. The molecule has 20 heavy (non-hydrogen) atoms. The second kappa shape index (κ2) is 8.58. The number of hydrogen-bond acceptors (Lipinski definition) is 2. The second-order valence-electron chi connectivity index (χ2n) is 5.52. The molecule has 1 saturated carbocycles. The first-order chi connectivity index (χ1) is 9.75. The van der Waals surface area contributed by atoms with Gasteiger partial charge in [0.1, 0.15) is 0 Å². The Labute approximate surface area is 130 Å². The Balaban J connectivity index is 1.65. The Morgan fingerprint density at radius 3 is 2.40 bits per heavy atom. The molecular weight excluding hydrogens is 316 g/mol. The summed E-state index contributed by atoms with van der Waals surface area (Å²) in [5, 5.41) is 0. The van der Waals surface area contributed by atoms with Crippen LogP contribution in [-0.4, -0.2) is 18.5 Å². The van der Waals surface area contributed by atoms with Gasteiger partial charge in [-0.2, -0.15) is 0 Å². The van der Waals surface area contributed by atoms with E-state index in [0.717, 1.165) is 16.5 Å².